The predicted octanol–water partition coefficient (Wildman–Crippen LogP) is 4.75. The molecular formula is C16H11N5. The lowest BCUT2D eigenvalue weighted by Gasteiger charge is -2.07. The summed E-state index contributed by atoms with van der Waals surface area (Å²) in [5.74, 6) is 0.281. The molecule has 1 aromatic heterocycles. The molecule has 0 amide bonds. The van der Waals surface area contributed by atoms with Gasteiger partial charge in [0.15, 0.2) is 5.82 Å². The highest BCUT2D eigenvalue weighted by atomic mass is 15.2. The Labute approximate surface area is 121 Å². The first-order chi connectivity index (χ1) is 10.4. The van der Waals surface area contributed by atoms with E-state index < -0.39 is 0 Å². The minimum Gasteiger partial charge on any atom is -0.250 e. The van der Waals surface area contributed by atoms with Gasteiger partial charge >= 0.3 is 0 Å². The fourth-order valence-corrected chi connectivity index (χ4v) is 2.04. The van der Waals surface area contributed by atoms with Crippen molar-refractivity contribution in [2.45, 2.75) is 0 Å². The van der Waals surface area contributed by atoms with E-state index >= 15 is 0 Å². The molecule has 0 N–H and O–H groups in total. The van der Waals surface area contributed by atoms with Gasteiger partial charge in [0.2, 0.25) is 0 Å². The molecule has 0 unspecified atom stereocenters. The minimum absolute atomic E-state index is 0.281. The Kier molecular flexibility index (Phi) is 3.58. The second-order valence-electron chi connectivity index (χ2n) is 4.35. The maximum atomic E-state index is 8.67. The normalized spacial score (nSPS) is 9.90. The Bertz CT molecular complexity index is 793. The topological polar surface area (TPSA) is 74.5 Å². The third-order valence-corrected chi connectivity index (χ3v) is 3.01. The predicted molar refractivity (Wildman–Crippen MR) is 81.7 cm³/mol. The number of hydrogen-bond acceptors (Lipinski definition) is 3. The second kappa shape index (κ2) is 5.86. The standard InChI is InChI=1S/C16H11N5/c17-21-20-16-15(13-9-5-2-6-10-13)19-14(11-18-16)12-7-3-1-4-8-12/h1-11H. The molecule has 0 saturated carbocycles. The summed E-state index contributed by atoms with van der Waals surface area (Å²) in [6, 6.07) is 19.3. The van der Waals surface area contributed by atoms with Gasteiger partial charge in [-0.15, -0.1) is 0 Å². The summed E-state index contributed by atoms with van der Waals surface area (Å²) in [6.45, 7) is 0. The van der Waals surface area contributed by atoms with Crippen LogP contribution in [0.3, 0.4) is 0 Å². The van der Waals surface area contributed by atoms with Crippen LogP contribution >= 0.6 is 0 Å². The quantitative estimate of drug-likeness (QED) is 0.392. The third kappa shape index (κ3) is 2.73. The molecule has 0 bridgehead atoms. The first-order valence-corrected chi connectivity index (χ1v) is 6.41. The summed E-state index contributed by atoms with van der Waals surface area (Å²) < 4.78 is 0. The number of aromatic nitrogens is 2. The van der Waals surface area contributed by atoms with Crippen molar-refractivity contribution in [3.8, 4) is 22.5 Å². The van der Waals surface area contributed by atoms with Crippen LogP contribution in [-0.4, -0.2) is 9.97 Å². The van der Waals surface area contributed by atoms with E-state index in [0.717, 1.165) is 16.8 Å². The van der Waals surface area contributed by atoms with Gasteiger partial charge in [0, 0.05) is 16.0 Å². The van der Waals surface area contributed by atoms with Gasteiger partial charge in [-0.2, -0.15) is 0 Å². The highest BCUT2D eigenvalue weighted by Gasteiger charge is 2.09. The molecule has 0 fully saturated rings. The molecule has 0 aliphatic rings. The molecule has 5 nitrogen and oxygen atoms in total. The van der Waals surface area contributed by atoms with Gasteiger partial charge in [0.05, 0.1) is 17.6 Å². The molecule has 1 heterocycles. The molecule has 0 radical (unpaired) electrons. The van der Waals surface area contributed by atoms with E-state index in [0.29, 0.717) is 5.69 Å². The van der Waals surface area contributed by atoms with Gasteiger partial charge < -0.3 is 0 Å². The number of hydrogen-bond donors (Lipinski definition) is 0. The molecule has 3 aromatic rings. The first-order valence-electron chi connectivity index (χ1n) is 6.41. The van der Waals surface area contributed by atoms with Crippen LogP contribution in [0.5, 0.6) is 0 Å². The average molecular weight is 273 g/mol. The van der Waals surface area contributed by atoms with E-state index in [1.807, 2.05) is 60.7 Å². The zero-order valence-corrected chi connectivity index (χ0v) is 11.1. The van der Waals surface area contributed by atoms with Gasteiger partial charge in [-0.3, -0.25) is 4.98 Å². The van der Waals surface area contributed by atoms with E-state index in [2.05, 4.69) is 20.0 Å². The highest BCUT2D eigenvalue weighted by Crippen LogP contribution is 2.29. The van der Waals surface area contributed by atoms with Crippen molar-refractivity contribution >= 4 is 5.82 Å². The molecule has 0 saturated heterocycles. The Morgan fingerprint density at radius 3 is 2.10 bits per heavy atom. The largest absolute Gasteiger partial charge is 0.250 e. The van der Waals surface area contributed by atoms with Crippen LogP contribution in [0.2, 0.25) is 0 Å². The van der Waals surface area contributed by atoms with Crippen LogP contribution in [0, 0.1) is 0 Å². The van der Waals surface area contributed by atoms with Crippen molar-refractivity contribution in [1.29, 1.82) is 0 Å². The Hall–Kier alpha value is -3.17. The molecule has 0 atom stereocenters. The number of benzene rings is 2. The maximum Gasteiger partial charge on any atom is 0.153 e. The van der Waals surface area contributed by atoms with Crippen LogP contribution in [-0.2, 0) is 0 Å². The fourth-order valence-electron chi connectivity index (χ4n) is 2.04. The van der Waals surface area contributed by atoms with E-state index in [4.69, 9.17) is 5.53 Å². The number of nitrogens with zero attached hydrogens (tertiary/aromatic N) is 5. The smallest absolute Gasteiger partial charge is 0.153 e. The second-order valence-corrected chi connectivity index (χ2v) is 4.35. The van der Waals surface area contributed by atoms with Crippen LogP contribution in [0.1, 0.15) is 0 Å². The number of azide groups is 1. The van der Waals surface area contributed by atoms with E-state index in [-0.39, 0.29) is 5.82 Å². The van der Waals surface area contributed by atoms with Crippen molar-refractivity contribution in [2.75, 3.05) is 0 Å². The van der Waals surface area contributed by atoms with Crippen LogP contribution < -0.4 is 0 Å². The Morgan fingerprint density at radius 1 is 0.857 bits per heavy atom. The molecular weight excluding hydrogens is 262 g/mol. The van der Waals surface area contributed by atoms with E-state index in [1.165, 1.54) is 0 Å². The van der Waals surface area contributed by atoms with Gasteiger partial charge in [0.25, 0.3) is 0 Å². The molecule has 3 rings (SSSR count). The summed E-state index contributed by atoms with van der Waals surface area (Å²) >= 11 is 0. The van der Waals surface area contributed by atoms with Crippen molar-refractivity contribution in [1.82, 2.24) is 9.97 Å². The minimum atomic E-state index is 0.281. The average Bonchev–Trinajstić information content (AvgIpc) is 2.57. The monoisotopic (exact) mass is 273 g/mol. The highest BCUT2D eigenvalue weighted by molar-refractivity contribution is 5.72. The SMILES string of the molecule is [N-]=[N+]=Nc1ncc(-c2ccccc2)nc1-c1ccccc1. The molecule has 5 heteroatoms. The lowest BCUT2D eigenvalue weighted by molar-refractivity contribution is 1.18. The zero-order chi connectivity index (χ0) is 14.5. The molecule has 0 spiro atoms. The number of rotatable bonds is 3. The zero-order valence-electron chi connectivity index (χ0n) is 11.1. The lowest BCUT2D eigenvalue weighted by atomic mass is 10.1. The fraction of sp³-hybridized carbons (Fsp3) is 0. The molecule has 0 aliphatic heterocycles. The lowest BCUT2D eigenvalue weighted by Crippen LogP contribution is -1.91. The van der Waals surface area contributed by atoms with Crippen molar-refractivity contribution < 1.29 is 0 Å². The van der Waals surface area contributed by atoms with E-state index in [1.54, 1.807) is 6.20 Å². The molecule has 21 heavy (non-hydrogen) atoms. The molecule has 2 aromatic carbocycles. The van der Waals surface area contributed by atoms with Gasteiger partial charge in [-0.1, -0.05) is 60.7 Å². The van der Waals surface area contributed by atoms with Crippen molar-refractivity contribution in [3.05, 3.63) is 77.3 Å². The molecule has 0 aliphatic carbocycles. The maximum absolute atomic E-state index is 8.67. The molecule has 100 valence electrons. The summed E-state index contributed by atoms with van der Waals surface area (Å²) in [5, 5.41) is 3.62. The summed E-state index contributed by atoms with van der Waals surface area (Å²) in [5.41, 5.74) is 11.8. The summed E-state index contributed by atoms with van der Waals surface area (Å²) in [4.78, 5) is 11.7. The van der Waals surface area contributed by atoms with Gasteiger partial charge in [0.1, 0.15) is 0 Å². The Morgan fingerprint density at radius 2 is 1.48 bits per heavy atom. The van der Waals surface area contributed by atoms with Gasteiger partial charge in [-0.05, 0) is 10.6 Å². The van der Waals surface area contributed by atoms with Crippen LogP contribution in [0.4, 0.5) is 5.82 Å². The Balaban J connectivity index is 2.18. The first kappa shape index (κ1) is 12.8. The third-order valence-electron chi connectivity index (χ3n) is 3.01. The van der Waals surface area contributed by atoms with Crippen molar-refractivity contribution in [2.24, 2.45) is 5.11 Å². The summed E-state index contributed by atoms with van der Waals surface area (Å²) in [7, 11) is 0. The van der Waals surface area contributed by atoms with Crippen LogP contribution in [0.25, 0.3) is 33.0 Å². The van der Waals surface area contributed by atoms with Crippen LogP contribution in [0.15, 0.2) is 72.0 Å². The van der Waals surface area contributed by atoms with Crippen molar-refractivity contribution in [3.63, 3.8) is 0 Å². The van der Waals surface area contributed by atoms with Gasteiger partial charge in [-0.25, -0.2) is 4.98 Å². The summed E-state index contributed by atoms with van der Waals surface area (Å²) in [6.07, 6.45) is 1.62. The van der Waals surface area contributed by atoms with E-state index in [9.17, 15) is 0 Å².